The van der Waals surface area contributed by atoms with E-state index in [2.05, 4.69) is 32.0 Å². The lowest BCUT2D eigenvalue weighted by Crippen LogP contribution is -2.10. The van der Waals surface area contributed by atoms with Crippen molar-refractivity contribution in [3.8, 4) is 22.9 Å². The number of ether oxygens (including phenoxy) is 1. The molecule has 0 N–H and O–H groups in total. The topological polar surface area (TPSA) is 33.0 Å². The fraction of sp³-hybridized carbons (Fsp3) is 0.278. The molecule has 0 fully saturated rings. The van der Waals surface area contributed by atoms with Crippen molar-refractivity contribution in [3.05, 3.63) is 54.1 Å². The SMILES string of the molecule is CCCC(C)Oc1ccc(-c2ccc(C#N)cc2)cc1. The average Bonchev–Trinajstić information content (AvgIpc) is 2.48. The van der Waals surface area contributed by atoms with Gasteiger partial charge >= 0.3 is 0 Å². The van der Waals surface area contributed by atoms with Crippen molar-refractivity contribution in [1.82, 2.24) is 0 Å². The lowest BCUT2D eigenvalue weighted by Gasteiger charge is -2.14. The molecule has 0 aliphatic rings. The Bertz CT molecular complexity index is 578. The van der Waals surface area contributed by atoms with Crippen LogP contribution in [0.4, 0.5) is 0 Å². The third kappa shape index (κ3) is 3.61. The molecule has 0 heterocycles. The highest BCUT2D eigenvalue weighted by Crippen LogP contribution is 2.23. The van der Waals surface area contributed by atoms with Crippen molar-refractivity contribution in [1.29, 1.82) is 5.26 Å². The maximum Gasteiger partial charge on any atom is 0.119 e. The van der Waals surface area contributed by atoms with Gasteiger partial charge in [-0.25, -0.2) is 0 Å². The highest BCUT2D eigenvalue weighted by molar-refractivity contribution is 5.64. The van der Waals surface area contributed by atoms with E-state index in [-0.39, 0.29) is 6.10 Å². The Morgan fingerprint density at radius 1 is 1.00 bits per heavy atom. The van der Waals surface area contributed by atoms with E-state index in [9.17, 15) is 0 Å². The van der Waals surface area contributed by atoms with Gasteiger partial charge in [0.05, 0.1) is 17.7 Å². The summed E-state index contributed by atoms with van der Waals surface area (Å²) in [5, 5.41) is 8.80. The zero-order valence-electron chi connectivity index (χ0n) is 12.0. The summed E-state index contributed by atoms with van der Waals surface area (Å²) in [6.45, 7) is 4.26. The molecule has 20 heavy (non-hydrogen) atoms. The Morgan fingerprint density at radius 3 is 2.05 bits per heavy atom. The maximum atomic E-state index is 8.80. The van der Waals surface area contributed by atoms with Crippen molar-refractivity contribution < 1.29 is 4.74 Å². The van der Waals surface area contributed by atoms with E-state index in [4.69, 9.17) is 10.00 Å². The zero-order valence-corrected chi connectivity index (χ0v) is 12.0. The van der Waals surface area contributed by atoms with Crippen LogP contribution < -0.4 is 4.74 Å². The molecule has 0 spiro atoms. The van der Waals surface area contributed by atoms with E-state index < -0.39 is 0 Å². The van der Waals surface area contributed by atoms with Crippen molar-refractivity contribution in [3.63, 3.8) is 0 Å². The van der Waals surface area contributed by atoms with E-state index in [0.29, 0.717) is 5.56 Å². The van der Waals surface area contributed by atoms with Gasteiger partial charge in [-0.15, -0.1) is 0 Å². The highest BCUT2D eigenvalue weighted by atomic mass is 16.5. The first-order valence-corrected chi connectivity index (χ1v) is 7.00. The molecule has 1 atom stereocenters. The molecule has 0 amide bonds. The van der Waals surface area contributed by atoms with Crippen LogP contribution in [-0.4, -0.2) is 6.10 Å². The van der Waals surface area contributed by atoms with Gasteiger partial charge in [0.1, 0.15) is 5.75 Å². The van der Waals surface area contributed by atoms with Crippen LogP contribution in [0.5, 0.6) is 5.75 Å². The number of benzene rings is 2. The molecule has 2 rings (SSSR count). The predicted molar refractivity (Wildman–Crippen MR) is 81.6 cm³/mol. The lowest BCUT2D eigenvalue weighted by atomic mass is 10.0. The largest absolute Gasteiger partial charge is 0.491 e. The molecule has 102 valence electrons. The van der Waals surface area contributed by atoms with Crippen LogP contribution >= 0.6 is 0 Å². The molecule has 0 aliphatic carbocycles. The molecule has 0 aliphatic heterocycles. The minimum absolute atomic E-state index is 0.251. The van der Waals surface area contributed by atoms with Crippen molar-refractivity contribution in [2.24, 2.45) is 0 Å². The summed E-state index contributed by atoms with van der Waals surface area (Å²) in [6.07, 6.45) is 2.45. The van der Waals surface area contributed by atoms with Gasteiger partial charge in [0.2, 0.25) is 0 Å². The minimum atomic E-state index is 0.251. The van der Waals surface area contributed by atoms with Gasteiger partial charge in [-0.2, -0.15) is 5.26 Å². The Kier molecular flexibility index (Phi) is 4.79. The molecule has 2 heteroatoms. The van der Waals surface area contributed by atoms with E-state index in [1.807, 2.05) is 36.4 Å². The normalized spacial score (nSPS) is 11.7. The number of hydrogen-bond donors (Lipinski definition) is 0. The van der Waals surface area contributed by atoms with Crippen LogP contribution in [-0.2, 0) is 0 Å². The second kappa shape index (κ2) is 6.77. The highest BCUT2D eigenvalue weighted by Gasteiger charge is 2.03. The van der Waals surface area contributed by atoms with E-state index in [1.165, 1.54) is 0 Å². The summed E-state index contributed by atoms with van der Waals surface area (Å²) in [5.41, 5.74) is 2.92. The summed E-state index contributed by atoms with van der Waals surface area (Å²) in [5.74, 6) is 0.906. The van der Waals surface area contributed by atoms with Gasteiger partial charge in [0, 0.05) is 0 Å². The Morgan fingerprint density at radius 2 is 1.55 bits per heavy atom. The Hall–Kier alpha value is -2.27. The van der Waals surface area contributed by atoms with Crippen LogP contribution in [0.1, 0.15) is 32.3 Å². The second-order valence-electron chi connectivity index (χ2n) is 4.93. The lowest BCUT2D eigenvalue weighted by molar-refractivity contribution is 0.210. The van der Waals surface area contributed by atoms with Crippen LogP contribution in [0.3, 0.4) is 0 Å². The van der Waals surface area contributed by atoms with E-state index >= 15 is 0 Å². The first-order chi connectivity index (χ1) is 9.72. The average molecular weight is 265 g/mol. The number of rotatable bonds is 5. The third-order valence-electron chi connectivity index (χ3n) is 3.23. The quantitative estimate of drug-likeness (QED) is 0.778. The second-order valence-corrected chi connectivity index (χ2v) is 4.93. The van der Waals surface area contributed by atoms with Crippen LogP contribution in [0.15, 0.2) is 48.5 Å². The summed E-state index contributed by atoms with van der Waals surface area (Å²) < 4.78 is 5.84. The fourth-order valence-electron chi connectivity index (χ4n) is 2.16. The van der Waals surface area contributed by atoms with Crippen molar-refractivity contribution in [2.75, 3.05) is 0 Å². The monoisotopic (exact) mass is 265 g/mol. The van der Waals surface area contributed by atoms with Crippen LogP contribution in [0.2, 0.25) is 0 Å². The zero-order chi connectivity index (χ0) is 14.4. The molecule has 0 saturated carbocycles. The molecular formula is C18H19NO. The van der Waals surface area contributed by atoms with Gasteiger partial charge in [0.25, 0.3) is 0 Å². The minimum Gasteiger partial charge on any atom is -0.491 e. The summed E-state index contributed by atoms with van der Waals surface area (Å²) in [4.78, 5) is 0. The third-order valence-corrected chi connectivity index (χ3v) is 3.23. The van der Waals surface area contributed by atoms with Crippen molar-refractivity contribution in [2.45, 2.75) is 32.8 Å². The van der Waals surface area contributed by atoms with Gasteiger partial charge in [-0.05, 0) is 48.7 Å². The molecular weight excluding hydrogens is 246 g/mol. The summed E-state index contributed by atoms with van der Waals surface area (Å²) in [7, 11) is 0. The fourth-order valence-corrected chi connectivity index (χ4v) is 2.16. The number of nitriles is 1. The molecule has 0 aromatic heterocycles. The predicted octanol–water partition coefficient (Wildman–Crippen LogP) is 4.79. The standard InChI is InChI=1S/C18H19NO/c1-3-4-14(2)20-18-11-9-17(10-12-18)16-7-5-15(13-19)6-8-16/h5-12,14H,3-4H2,1-2H3. The molecule has 0 saturated heterocycles. The van der Waals surface area contributed by atoms with Crippen LogP contribution in [0, 0.1) is 11.3 Å². The van der Waals surface area contributed by atoms with E-state index in [1.54, 1.807) is 0 Å². The summed E-state index contributed by atoms with van der Waals surface area (Å²) >= 11 is 0. The maximum absolute atomic E-state index is 8.80. The summed E-state index contributed by atoms with van der Waals surface area (Å²) in [6, 6.07) is 17.8. The Labute approximate surface area is 120 Å². The molecule has 2 aromatic carbocycles. The molecule has 1 unspecified atom stereocenters. The first-order valence-electron chi connectivity index (χ1n) is 7.00. The van der Waals surface area contributed by atoms with Crippen molar-refractivity contribution >= 4 is 0 Å². The number of nitrogens with zero attached hydrogens (tertiary/aromatic N) is 1. The molecule has 0 radical (unpaired) electrons. The van der Waals surface area contributed by atoms with Gasteiger partial charge in [0.15, 0.2) is 0 Å². The van der Waals surface area contributed by atoms with Gasteiger partial charge < -0.3 is 4.74 Å². The first kappa shape index (κ1) is 14.1. The van der Waals surface area contributed by atoms with Gasteiger partial charge in [-0.1, -0.05) is 37.6 Å². The number of hydrogen-bond acceptors (Lipinski definition) is 2. The molecule has 0 bridgehead atoms. The van der Waals surface area contributed by atoms with Crippen LogP contribution in [0.25, 0.3) is 11.1 Å². The molecule has 2 aromatic rings. The molecule has 2 nitrogen and oxygen atoms in total. The smallest absolute Gasteiger partial charge is 0.119 e. The van der Waals surface area contributed by atoms with E-state index in [0.717, 1.165) is 29.7 Å². The Balaban J connectivity index is 2.09. The van der Waals surface area contributed by atoms with Gasteiger partial charge in [-0.3, -0.25) is 0 Å².